The summed E-state index contributed by atoms with van der Waals surface area (Å²) in [6, 6.07) is 6.47. The predicted octanol–water partition coefficient (Wildman–Crippen LogP) is 1.87. The van der Waals surface area contributed by atoms with E-state index in [1.54, 1.807) is 0 Å². The third-order valence-electron chi connectivity index (χ3n) is 5.62. The van der Waals surface area contributed by atoms with Gasteiger partial charge in [-0.2, -0.15) is 0 Å². The van der Waals surface area contributed by atoms with E-state index >= 15 is 0 Å². The first-order chi connectivity index (χ1) is 12.9. The second-order valence-corrected chi connectivity index (χ2v) is 7.95. The van der Waals surface area contributed by atoms with Gasteiger partial charge in [-0.05, 0) is 44.9 Å². The number of piperazine rings is 1. The fourth-order valence-electron chi connectivity index (χ4n) is 3.66. The normalized spacial score (nSPS) is 18.0. The van der Waals surface area contributed by atoms with Crippen LogP contribution < -0.4 is 5.32 Å². The molecule has 1 aliphatic carbocycles. The summed E-state index contributed by atoms with van der Waals surface area (Å²) >= 11 is 0. The number of anilines is 1. The summed E-state index contributed by atoms with van der Waals surface area (Å²) in [7, 11) is 2.09. The summed E-state index contributed by atoms with van der Waals surface area (Å²) in [4.78, 5) is 31.5. The zero-order valence-electron chi connectivity index (χ0n) is 16.8. The highest BCUT2D eigenvalue weighted by Gasteiger charge is 2.31. The molecule has 2 aliphatic rings. The van der Waals surface area contributed by atoms with Crippen LogP contribution in [0.4, 0.5) is 5.69 Å². The second-order valence-electron chi connectivity index (χ2n) is 7.95. The van der Waals surface area contributed by atoms with Gasteiger partial charge in [0.15, 0.2) is 0 Å². The average Bonchev–Trinajstić information content (AvgIpc) is 3.47. The summed E-state index contributed by atoms with van der Waals surface area (Å²) in [6.07, 6.45) is 2.75. The summed E-state index contributed by atoms with van der Waals surface area (Å²) < 4.78 is 0. The van der Waals surface area contributed by atoms with Gasteiger partial charge in [-0.3, -0.25) is 14.5 Å². The predicted molar refractivity (Wildman–Crippen MR) is 108 cm³/mol. The monoisotopic (exact) mass is 372 g/mol. The van der Waals surface area contributed by atoms with Gasteiger partial charge in [0.2, 0.25) is 11.8 Å². The van der Waals surface area contributed by atoms with Crippen molar-refractivity contribution in [1.29, 1.82) is 0 Å². The number of carbonyl (C=O) groups excluding carboxylic acids is 2. The molecular weight excluding hydrogens is 340 g/mol. The van der Waals surface area contributed by atoms with Crippen molar-refractivity contribution in [2.24, 2.45) is 0 Å². The van der Waals surface area contributed by atoms with Crippen molar-refractivity contribution in [1.82, 2.24) is 14.7 Å². The van der Waals surface area contributed by atoms with Crippen LogP contribution in [-0.4, -0.2) is 78.9 Å². The van der Waals surface area contributed by atoms with Crippen molar-refractivity contribution in [3.05, 3.63) is 29.3 Å². The average molecular weight is 373 g/mol. The first-order valence-electron chi connectivity index (χ1n) is 10.0. The summed E-state index contributed by atoms with van der Waals surface area (Å²) in [5, 5.41) is 3.07. The lowest BCUT2D eigenvalue weighted by Crippen LogP contribution is -2.48. The van der Waals surface area contributed by atoms with Crippen molar-refractivity contribution in [2.45, 2.75) is 39.2 Å². The van der Waals surface area contributed by atoms with E-state index in [9.17, 15) is 9.59 Å². The Hall–Kier alpha value is -1.92. The van der Waals surface area contributed by atoms with Gasteiger partial charge in [0, 0.05) is 50.9 Å². The number of carbonyl (C=O) groups is 2. The van der Waals surface area contributed by atoms with E-state index in [-0.39, 0.29) is 11.8 Å². The molecule has 0 bridgehead atoms. The lowest BCUT2D eigenvalue weighted by molar-refractivity contribution is -0.133. The molecule has 1 aromatic rings. The minimum absolute atomic E-state index is 0.00588. The largest absolute Gasteiger partial charge is 0.340 e. The van der Waals surface area contributed by atoms with E-state index < -0.39 is 0 Å². The molecule has 2 amide bonds. The Morgan fingerprint density at radius 1 is 1.11 bits per heavy atom. The Kier molecular flexibility index (Phi) is 6.50. The number of para-hydroxylation sites is 1. The van der Waals surface area contributed by atoms with E-state index in [2.05, 4.69) is 22.2 Å². The molecule has 6 nitrogen and oxygen atoms in total. The first-order valence-corrected chi connectivity index (χ1v) is 10.0. The van der Waals surface area contributed by atoms with Crippen LogP contribution >= 0.6 is 0 Å². The Balaban J connectivity index is 1.50. The quantitative estimate of drug-likeness (QED) is 0.794. The molecule has 1 saturated heterocycles. The van der Waals surface area contributed by atoms with Crippen LogP contribution in [0.5, 0.6) is 0 Å². The van der Waals surface area contributed by atoms with Crippen LogP contribution in [0.2, 0.25) is 0 Å². The molecule has 6 heteroatoms. The summed E-state index contributed by atoms with van der Waals surface area (Å²) in [6.45, 7) is 8.54. The molecule has 0 radical (unpaired) electrons. The van der Waals surface area contributed by atoms with E-state index in [1.807, 2.05) is 36.9 Å². The molecule has 1 saturated carbocycles. The summed E-state index contributed by atoms with van der Waals surface area (Å²) in [5.41, 5.74) is 3.06. The molecule has 0 aromatic heterocycles. The molecule has 0 spiro atoms. The number of benzene rings is 1. The highest BCUT2D eigenvalue weighted by atomic mass is 16.2. The number of aryl methyl sites for hydroxylation is 2. The fraction of sp³-hybridized carbons (Fsp3) is 0.619. The lowest BCUT2D eigenvalue weighted by Gasteiger charge is -2.33. The second kappa shape index (κ2) is 8.85. The van der Waals surface area contributed by atoms with E-state index in [0.29, 0.717) is 25.6 Å². The van der Waals surface area contributed by atoms with Crippen molar-refractivity contribution in [2.75, 3.05) is 51.6 Å². The van der Waals surface area contributed by atoms with Crippen LogP contribution in [0.15, 0.2) is 18.2 Å². The molecule has 148 valence electrons. The molecule has 1 N–H and O–H groups in total. The number of nitrogens with one attached hydrogen (secondary N) is 1. The Morgan fingerprint density at radius 2 is 1.74 bits per heavy atom. The standard InChI is InChI=1S/C21H32N4O2/c1-16-5-4-6-17(2)21(16)22-19(26)15-25(18-7-8-18)10-9-20(27)24-13-11-23(3)12-14-24/h4-6,18H,7-15H2,1-3H3,(H,22,26). The molecular formula is C21H32N4O2. The van der Waals surface area contributed by atoms with Gasteiger partial charge in [0.05, 0.1) is 6.54 Å². The maximum atomic E-state index is 12.6. The number of rotatable bonds is 7. The number of nitrogens with zero attached hydrogens (tertiary/aromatic N) is 3. The van der Waals surface area contributed by atoms with Crippen molar-refractivity contribution >= 4 is 17.5 Å². The molecule has 1 aliphatic heterocycles. The minimum Gasteiger partial charge on any atom is -0.340 e. The van der Waals surface area contributed by atoms with Crippen LogP contribution in [0.25, 0.3) is 0 Å². The number of hydrogen-bond acceptors (Lipinski definition) is 4. The van der Waals surface area contributed by atoms with Gasteiger partial charge in [0.25, 0.3) is 0 Å². The molecule has 2 fully saturated rings. The van der Waals surface area contributed by atoms with Gasteiger partial charge in [-0.15, -0.1) is 0 Å². The Morgan fingerprint density at radius 3 is 2.33 bits per heavy atom. The van der Waals surface area contributed by atoms with Gasteiger partial charge in [-0.1, -0.05) is 18.2 Å². The molecule has 3 rings (SSSR count). The van der Waals surface area contributed by atoms with Crippen LogP contribution in [0, 0.1) is 13.8 Å². The van der Waals surface area contributed by atoms with Crippen LogP contribution in [0.3, 0.4) is 0 Å². The molecule has 0 unspecified atom stereocenters. The summed E-state index contributed by atoms with van der Waals surface area (Å²) in [5.74, 6) is 0.218. The Bertz CT molecular complexity index is 659. The highest BCUT2D eigenvalue weighted by Crippen LogP contribution is 2.27. The number of likely N-dealkylation sites (N-methyl/N-ethyl adjacent to an activating group) is 1. The van der Waals surface area contributed by atoms with Gasteiger partial charge >= 0.3 is 0 Å². The molecule has 1 aromatic carbocycles. The lowest BCUT2D eigenvalue weighted by atomic mass is 10.1. The first kappa shape index (κ1) is 19.8. The maximum absolute atomic E-state index is 12.6. The highest BCUT2D eigenvalue weighted by molar-refractivity contribution is 5.93. The number of amides is 2. The van der Waals surface area contributed by atoms with Crippen LogP contribution in [-0.2, 0) is 9.59 Å². The van der Waals surface area contributed by atoms with E-state index in [0.717, 1.165) is 55.8 Å². The Labute approximate surface area is 162 Å². The third kappa shape index (κ3) is 5.53. The zero-order chi connectivity index (χ0) is 19.4. The third-order valence-corrected chi connectivity index (χ3v) is 5.62. The zero-order valence-corrected chi connectivity index (χ0v) is 16.8. The fourth-order valence-corrected chi connectivity index (χ4v) is 3.66. The smallest absolute Gasteiger partial charge is 0.238 e. The maximum Gasteiger partial charge on any atom is 0.238 e. The molecule has 1 heterocycles. The van der Waals surface area contributed by atoms with Crippen LogP contribution in [0.1, 0.15) is 30.4 Å². The van der Waals surface area contributed by atoms with Crippen molar-refractivity contribution in [3.8, 4) is 0 Å². The minimum atomic E-state index is 0.00588. The SMILES string of the molecule is Cc1cccc(C)c1NC(=O)CN(CCC(=O)N1CCN(C)CC1)C1CC1. The number of hydrogen-bond donors (Lipinski definition) is 1. The van der Waals surface area contributed by atoms with E-state index in [1.165, 1.54) is 0 Å². The van der Waals surface area contributed by atoms with Gasteiger partial charge in [0.1, 0.15) is 0 Å². The van der Waals surface area contributed by atoms with E-state index in [4.69, 9.17) is 0 Å². The molecule has 27 heavy (non-hydrogen) atoms. The van der Waals surface area contributed by atoms with Gasteiger partial charge in [-0.25, -0.2) is 0 Å². The van der Waals surface area contributed by atoms with Crippen molar-refractivity contribution in [3.63, 3.8) is 0 Å². The molecule has 0 atom stereocenters. The topological polar surface area (TPSA) is 55.9 Å². The van der Waals surface area contributed by atoms with Gasteiger partial charge < -0.3 is 15.1 Å². The van der Waals surface area contributed by atoms with Crippen molar-refractivity contribution < 1.29 is 9.59 Å².